The van der Waals surface area contributed by atoms with Gasteiger partial charge in [-0.2, -0.15) is 0 Å². The number of azide groups is 1. The summed E-state index contributed by atoms with van der Waals surface area (Å²) in [5.74, 6) is 0.480. The summed E-state index contributed by atoms with van der Waals surface area (Å²) in [6.45, 7) is 0. The molecule has 0 radical (unpaired) electrons. The maximum Gasteiger partial charge on any atom is 0.280 e. The molecule has 0 bridgehead atoms. The largest absolute Gasteiger partial charge is 0.497 e. The molecule has 10 heteroatoms. The molecular formula is C13H10N4O5S. The molecule has 2 aromatic carbocycles. The zero-order chi connectivity index (χ0) is 17.0. The highest BCUT2D eigenvalue weighted by Crippen LogP contribution is 2.32. The number of ether oxygens (including phenoxy) is 1. The van der Waals surface area contributed by atoms with E-state index in [0.29, 0.717) is 5.75 Å². The van der Waals surface area contributed by atoms with Gasteiger partial charge in [0.25, 0.3) is 5.69 Å². The molecule has 0 aliphatic rings. The number of rotatable bonds is 5. The van der Waals surface area contributed by atoms with Crippen LogP contribution in [0.4, 0.5) is 11.4 Å². The van der Waals surface area contributed by atoms with Gasteiger partial charge in [0, 0.05) is 11.0 Å². The molecule has 0 unspecified atom stereocenters. The molecule has 0 saturated carbocycles. The van der Waals surface area contributed by atoms with E-state index in [4.69, 9.17) is 10.3 Å². The van der Waals surface area contributed by atoms with E-state index in [0.717, 1.165) is 18.2 Å². The summed E-state index contributed by atoms with van der Waals surface area (Å²) in [7, 11) is -2.50. The van der Waals surface area contributed by atoms with Crippen LogP contribution in [0, 0.1) is 10.1 Å². The molecule has 0 spiro atoms. The number of benzene rings is 2. The van der Waals surface area contributed by atoms with Crippen LogP contribution in [-0.4, -0.2) is 20.5 Å². The van der Waals surface area contributed by atoms with Gasteiger partial charge in [0.15, 0.2) is 0 Å². The minimum absolute atomic E-state index is 0.0378. The van der Waals surface area contributed by atoms with Crippen molar-refractivity contribution in [1.29, 1.82) is 0 Å². The molecule has 23 heavy (non-hydrogen) atoms. The van der Waals surface area contributed by atoms with E-state index in [2.05, 4.69) is 10.0 Å². The lowest BCUT2D eigenvalue weighted by molar-refractivity contribution is -0.384. The molecule has 0 fully saturated rings. The monoisotopic (exact) mass is 334 g/mol. The molecule has 0 saturated heterocycles. The van der Waals surface area contributed by atoms with E-state index in [1.54, 1.807) is 0 Å². The lowest BCUT2D eigenvalue weighted by Crippen LogP contribution is -2.03. The Morgan fingerprint density at radius 1 is 1.17 bits per heavy atom. The molecule has 2 aromatic rings. The number of nitrogens with zero attached hydrogens (tertiary/aromatic N) is 4. The molecule has 9 nitrogen and oxygen atoms in total. The third-order valence-electron chi connectivity index (χ3n) is 2.98. The molecule has 0 aliphatic carbocycles. The smallest absolute Gasteiger partial charge is 0.280 e. The molecule has 0 atom stereocenters. The SMILES string of the molecule is COc1ccc(S(=O)(=O)c2ccc(N=[N+]=[N-])c([N+](=O)[O-])c2)cc1. The van der Waals surface area contributed by atoms with Gasteiger partial charge in [-0.3, -0.25) is 10.1 Å². The van der Waals surface area contributed by atoms with Crippen LogP contribution in [0.15, 0.2) is 57.4 Å². The molecule has 0 amide bonds. The van der Waals surface area contributed by atoms with Gasteiger partial charge < -0.3 is 4.74 Å². The summed E-state index contributed by atoms with van der Waals surface area (Å²) in [6, 6.07) is 8.71. The van der Waals surface area contributed by atoms with Gasteiger partial charge in [-0.1, -0.05) is 5.11 Å². The van der Waals surface area contributed by atoms with Crippen LogP contribution in [0.25, 0.3) is 10.4 Å². The minimum atomic E-state index is -3.95. The van der Waals surface area contributed by atoms with Crippen molar-refractivity contribution < 1.29 is 18.1 Å². The number of nitro benzene ring substituents is 1. The summed E-state index contributed by atoms with van der Waals surface area (Å²) < 4.78 is 30.0. The number of hydrogen-bond acceptors (Lipinski definition) is 6. The third-order valence-corrected chi connectivity index (χ3v) is 4.74. The Morgan fingerprint density at radius 2 is 1.78 bits per heavy atom. The molecular weight excluding hydrogens is 324 g/mol. The molecule has 0 aromatic heterocycles. The molecule has 2 rings (SSSR count). The average molecular weight is 334 g/mol. The molecule has 0 heterocycles. The second-order valence-electron chi connectivity index (χ2n) is 4.28. The van der Waals surface area contributed by atoms with Crippen LogP contribution in [0.3, 0.4) is 0 Å². The average Bonchev–Trinajstić information content (AvgIpc) is 2.55. The van der Waals surface area contributed by atoms with Crippen LogP contribution >= 0.6 is 0 Å². The molecule has 0 N–H and O–H groups in total. The topological polar surface area (TPSA) is 135 Å². The maximum absolute atomic E-state index is 12.5. The first-order valence-electron chi connectivity index (χ1n) is 6.13. The lowest BCUT2D eigenvalue weighted by Gasteiger charge is -2.06. The quantitative estimate of drug-likeness (QED) is 0.271. The maximum atomic E-state index is 12.5. The van der Waals surface area contributed by atoms with Crippen LogP contribution in [0.2, 0.25) is 0 Å². The highest BCUT2D eigenvalue weighted by Gasteiger charge is 2.22. The van der Waals surface area contributed by atoms with Crippen molar-refractivity contribution in [3.8, 4) is 5.75 Å². The highest BCUT2D eigenvalue weighted by atomic mass is 32.2. The van der Waals surface area contributed by atoms with E-state index in [1.807, 2.05) is 0 Å². The summed E-state index contributed by atoms with van der Waals surface area (Å²) in [6.07, 6.45) is 0. The van der Waals surface area contributed by atoms with Gasteiger partial charge in [-0.05, 0) is 41.9 Å². The number of methoxy groups -OCH3 is 1. The van der Waals surface area contributed by atoms with Crippen LogP contribution in [0.5, 0.6) is 5.75 Å². The first-order valence-corrected chi connectivity index (χ1v) is 7.61. The van der Waals surface area contributed by atoms with Crippen molar-refractivity contribution >= 4 is 21.2 Å². The Labute approximate surface area is 130 Å². The predicted octanol–water partition coefficient (Wildman–Crippen LogP) is 3.38. The summed E-state index contributed by atoms with van der Waals surface area (Å²) in [5, 5.41) is 14.2. The van der Waals surface area contributed by atoms with Gasteiger partial charge >= 0.3 is 0 Å². The fourth-order valence-electron chi connectivity index (χ4n) is 1.84. The van der Waals surface area contributed by atoms with Crippen molar-refractivity contribution in [2.75, 3.05) is 7.11 Å². The van der Waals surface area contributed by atoms with Crippen LogP contribution < -0.4 is 4.74 Å². The highest BCUT2D eigenvalue weighted by molar-refractivity contribution is 7.91. The van der Waals surface area contributed by atoms with Gasteiger partial charge in [0.1, 0.15) is 11.4 Å². The van der Waals surface area contributed by atoms with E-state index in [1.165, 1.54) is 31.4 Å². The van der Waals surface area contributed by atoms with Gasteiger partial charge in [-0.15, -0.1) is 0 Å². The second-order valence-corrected chi connectivity index (χ2v) is 6.23. The summed E-state index contributed by atoms with van der Waals surface area (Å²) in [4.78, 5) is 12.4. The Kier molecular flexibility index (Phi) is 4.49. The number of nitro groups is 1. The minimum Gasteiger partial charge on any atom is -0.497 e. The zero-order valence-corrected chi connectivity index (χ0v) is 12.6. The fraction of sp³-hybridized carbons (Fsp3) is 0.0769. The summed E-state index contributed by atoms with van der Waals surface area (Å²) >= 11 is 0. The van der Waals surface area contributed by atoms with Crippen molar-refractivity contribution in [2.24, 2.45) is 5.11 Å². The Morgan fingerprint density at radius 3 is 2.30 bits per heavy atom. The number of sulfone groups is 1. The number of hydrogen-bond donors (Lipinski definition) is 0. The Hall–Kier alpha value is -3.10. The van der Waals surface area contributed by atoms with Crippen LogP contribution in [-0.2, 0) is 9.84 Å². The standard InChI is InChI=1S/C13H10N4O5S/c1-22-9-2-4-10(5-3-9)23(20,21)11-6-7-12(15-16-14)13(8-11)17(18)19/h2-8H,1H3. The van der Waals surface area contributed by atoms with Gasteiger partial charge in [0.05, 0.1) is 21.8 Å². The summed E-state index contributed by atoms with van der Waals surface area (Å²) in [5.41, 5.74) is 7.54. The zero-order valence-electron chi connectivity index (χ0n) is 11.8. The first-order chi connectivity index (χ1) is 10.9. The van der Waals surface area contributed by atoms with E-state index < -0.39 is 20.4 Å². The van der Waals surface area contributed by atoms with Crippen LogP contribution in [0.1, 0.15) is 0 Å². The fourth-order valence-corrected chi connectivity index (χ4v) is 3.12. The van der Waals surface area contributed by atoms with Crippen molar-refractivity contribution in [1.82, 2.24) is 0 Å². The van der Waals surface area contributed by atoms with Crippen molar-refractivity contribution in [3.63, 3.8) is 0 Å². The van der Waals surface area contributed by atoms with Gasteiger partial charge in [-0.25, -0.2) is 8.42 Å². The van der Waals surface area contributed by atoms with Crippen molar-refractivity contribution in [3.05, 3.63) is 63.0 Å². The van der Waals surface area contributed by atoms with E-state index >= 15 is 0 Å². The van der Waals surface area contributed by atoms with E-state index in [-0.39, 0.29) is 15.5 Å². The third kappa shape index (κ3) is 3.23. The Bertz CT molecular complexity index is 902. The normalized spacial score (nSPS) is 10.7. The van der Waals surface area contributed by atoms with Crippen molar-refractivity contribution in [2.45, 2.75) is 9.79 Å². The molecule has 0 aliphatic heterocycles. The second kappa shape index (κ2) is 6.34. The van der Waals surface area contributed by atoms with E-state index in [9.17, 15) is 18.5 Å². The Balaban J connectivity index is 2.57. The predicted molar refractivity (Wildman–Crippen MR) is 80.3 cm³/mol. The lowest BCUT2D eigenvalue weighted by atomic mass is 10.3. The van der Waals surface area contributed by atoms with Gasteiger partial charge in [0.2, 0.25) is 9.84 Å². The first kappa shape index (κ1) is 16.3. The molecule has 118 valence electrons.